The van der Waals surface area contributed by atoms with Crippen molar-refractivity contribution in [2.75, 3.05) is 20.2 Å². The van der Waals surface area contributed by atoms with Crippen LogP contribution in [0.25, 0.3) is 10.8 Å². The van der Waals surface area contributed by atoms with Gasteiger partial charge >= 0.3 is 6.09 Å². The largest absolute Gasteiger partial charge is 0.453 e. The maximum Gasteiger partial charge on any atom is 0.407 e. The van der Waals surface area contributed by atoms with Crippen LogP contribution in [0.1, 0.15) is 24.4 Å². The van der Waals surface area contributed by atoms with Crippen LogP contribution < -0.4 is 5.32 Å². The predicted molar refractivity (Wildman–Crippen MR) is 88.0 cm³/mol. The Morgan fingerprint density at radius 1 is 1.22 bits per heavy atom. The number of hydrogen-bond acceptors (Lipinski definition) is 3. The van der Waals surface area contributed by atoms with Gasteiger partial charge in [0.05, 0.1) is 13.2 Å². The fraction of sp³-hybridized carbons (Fsp3) is 0.333. The number of nitrogens with zero attached hydrogens (tertiary/aromatic N) is 1. The van der Waals surface area contributed by atoms with Crippen LogP contribution in [-0.2, 0) is 9.53 Å². The number of likely N-dealkylation sites (tertiary alicyclic amines) is 1. The van der Waals surface area contributed by atoms with Gasteiger partial charge in [0.1, 0.15) is 6.54 Å². The average molecular weight is 312 g/mol. The highest BCUT2D eigenvalue weighted by Gasteiger charge is 2.30. The van der Waals surface area contributed by atoms with Crippen LogP contribution in [0.3, 0.4) is 0 Å². The molecule has 0 radical (unpaired) electrons. The highest BCUT2D eigenvalue weighted by Crippen LogP contribution is 2.35. The van der Waals surface area contributed by atoms with Gasteiger partial charge in [-0.25, -0.2) is 4.79 Å². The second-order valence-corrected chi connectivity index (χ2v) is 5.66. The van der Waals surface area contributed by atoms with Crippen LogP contribution >= 0.6 is 0 Å². The summed E-state index contributed by atoms with van der Waals surface area (Å²) in [5, 5.41) is 4.82. The molecule has 2 amide bonds. The second kappa shape index (κ2) is 6.69. The van der Waals surface area contributed by atoms with Crippen molar-refractivity contribution in [3.8, 4) is 0 Å². The van der Waals surface area contributed by atoms with E-state index in [2.05, 4.69) is 34.3 Å². The molecule has 0 bridgehead atoms. The van der Waals surface area contributed by atoms with Crippen LogP contribution in [-0.4, -0.2) is 37.1 Å². The van der Waals surface area contributed by atoms with E-state index in [0.29, 0.717) is 0 Å². The third-order valence-electron chi connectivity index (χ3n) is 4.32. The van der Waals surface area contributed by atoms with Gasteiger partial charge in [0.2, 0.25) is 5.91 Å². The third-order valence-corrected chi connectivity index (χ3v) is 4.32. The van der Waals surface area contributed by atoms with Gasteiger partial charge in [0.15, 0.2) is 0 Å². The Kier molecular flexibility index (Phi) is 4.46. The lowest BCUT2D eigenvalue weighted by Gasteiger charge is -2.26. The van der Waals surface area contributed by atoms with E-state index in [1.165, 1.54) is 23.4 Å². The van der Waals surface area contributed by atoms with E-state index in [-0.39, 0.29) is 18.5 Å². The molecule has 2 aromatic rings. The van der Waals surface area contributed by atoms with Crippen LogP contribution in [0.5, 0.6) is 0 Å². The lowest BCUT2D eigenvalue weighted by molar-refractivity contribution is -0.131. The van der Waals surface area contributed by atoms with E-state index >= 15 is 0 Å². The summed E-state index contributed by atoms with van der Waals surface area (Å²) in [6.07, 6.45) is 1.33. The highest BCUT2D eigenvalue weighted by molar-refractivity contribution is 5.87. The molecule has 1 fully saturated rings. The quantitative estimate of drug-likeness (QED) is 0.948. The van der Waals surface area contributed by atoms with Gasteiger partial charge in [0, 0.05) is 6.54 Å². The van der Waals surface area contributed by atoms with Crippen LogP contribution in [0.15, 0.2) is 42.5 Å². The molecule has 1 N–H and O–H groups in total. The standard InChI is InChI=1S/C18H20N2O3/c1-23-18(22)19-12-17(21)20-11-5-10-16(20)15-9-4-7-13-6-2-3-8-14(13)15/h2-4,6-9,16H,5,10-12H2,1H3,(H,19,22)/t16-/m1/s1. The number of hydrogen-bond donors (Lipinski definition) is 1. The molecule has 1 aliphatic heterocycles. The van der Waals surface area contributed by atoms with Crippen molar-refractivity contribution in [3.63, 3.8) is 0 Å². The normalized spacial score (nSPS) is 17.3. The highest BCUT2D eigenvalue weighted by atomic mass is 16.5. The fourth-order valence-corrected chi connectivity index (χ4v) is 3.25. The maximum atomic E-state index is 12.4. The van der Waals surface area contributed by atoms with E-state index in [0.717, 1.165) is 19.4 Å². The van der Waals surface area contributed by atoms with E-state index in [1.54, 1.807) is 0 Å². The average Bonchev–Trinajstić information content (AvgIpc) is 3.08. The number of nitrogens with one attached hydrogen (secondary N) is 1. The van der Waals surface area contributed by atoms with Crippen molar-refractivity contribution >= 4 is 22.8 Å². The lowest BCUT2D eigenvalue weighted by Crippen LogP contribution is -2.39. The van der Waals surface area contributed by atoms with E-state index < -0.39 is 6.09 Å². The zero-order valence-corrected chi connectivity index (χ0v) is 13.1. The molecule has 23 heavy (non-hydrogen) atoms. The number of rotatable bonds is 3. The molecule has 0 aliphatic carbocycles. The SMILES string of the molecule is COC(=O)NCC(=O)N1CCC[C@@H]1c1cccc2ccccc12. The monoisotopic (exact) mass is 312 g/mol. The van der Waals surface area contributed by atoms with Gasteiger partial charge in [0.25, 0.3) is 0 Å². The summed E-state index contributed by atoms with van der Waals surface area (Å²) in [6.45, 7) is 0.684. The summed E-state index contributed by atoms with van der Waals surface area (Å²) in [4.78, 5) is 25.5. The zero-order valence-electron chi connectivity index (χ0n) is 13.1. The maximum absolute atomic E-state index is 12.4. The van der Waals surface area contributed by atoms with Crippen molar-refractivity contribution in [2.45, 2.75) is 18.9 Å². The predicted octanol–water partition coefficient (Wildman–Crippen LogP) is 2.86. The number of methoxy groups -OCH3 is 1. The fourth-order valence-electron chi connectivity index (χ4n) is 3.25. The Morgan fingerprint density at radius 2 is 2.00 bits per heavy atom. The minimum absolute atomic E-state index is 0.0338. The number of carbonyl (C=O) groups is 2. The summed E-state index contributed by atoms with van der Waals surface area (Å²) in [5.41, 5.74) is 1.17. The van der Waals surface area contributed by atoms with Gasteiger partial charge in [-0.15, -0.1) is 0 Å². The first-order valence-electron chi connectivity index (χ1n) is 7.79. The van der Waals surface area contributed by atoms with Gasteiger partial charge in [-0.3, -0.25) is 4.79 Å². The minimum atomic E-state index is -0.584. The van der Waals surface area contributed by atoms with E-state index in [9.17, 15) is 9.59 Å². The Labute approximate surface area is 135 Å². The number of benzene rings is 2. The minimum Gasteiger partial charge on any atom is -0.453 e. The van der Waals surface area contributed by atoms with Crippen molar-refractivity contribution < 1.29 is 14.3 Å². The summed E-state index contributed by atoms with van der Waals surface area (Å²) >= 11 is 0. The van der Waals surface area contributed by atoms with Crippen LogP contribution in [0, 0.1) is 0 Å². The van der Waals surface area contributed by atoms with Crippen molar-refractivity contribution in [1.29, 1.82) is 0 Å². The number of fused-ring (bicyclic) bond motifs is 1. The molecule has 1 saturated heterocycles. The topological polar surface area (TPSA) is 58.6 Å². The molecule has 2 aromatic carbocycles. The summed E-state index contributed by atoms with van der Waals surface area (Å²) in [7, 11) is 1.29. The van der Waals surface area contributed by atoms with Crippen molar-refractivity contribution in [1.82, 2.24) is 10.2 Å². The number of ether oxygens (including phenoxy) is 1. The first-order valence-corrected chi connectivity index (χ1v) is 7.79. The molecule has 120 valence electrons. The molecule has 1 heterocycles. The van der Waals surface area contributed by atoms with Crippen molar-refractivity contribution in [2.24, 2.45) is 0 Å². The van der Waals surface area contributed by atoms with Crippen molar-refractivity contribution in [3.05, 3.63) is 48.0 Å². The van der Waals surface area contributed by atoms with E-state index in [4.69, 9.17) is 0 Å². The Bertz CT molecular complexity index is 724. The van der Waals surface area contributed by atoms with Gasteiger partial charge in [-0.1, -0.05) is 42.5 Å². The molecule has 0 saturated carbocycles. The smallest absolute Gasteiger partial charge is 0.407 e. The Morgan fingerprint density at radius 3 is 2.83 bits per heavy atom. The second-order valence-electron chi connectivity index (χ2n) is 5.66. The zero-order chi connectivity index (χ0) is 16.2. The summed E-state index contributed by atoms with van der Waals surface area (Å²) in [5.74, 6) is -0.0779. The molecule has 3 rings (SSSR count). The molecule has 5 heteroatoms. The summed E-state index contributed by atoms with van der Waals surface area (Å²) < 4.78 is 4.51. The molecular weight excluding hydrogens is 292 g/mol. The first-order chi connectivity index (χ1) is 11.2. The molecule has 0 spiro atoms. The van der Waals surface area contributed by atoms with E-state index in [1.807, 2.05) is 23.1 Å². The summed E-state index contributed by atoms with van der Waals surface area (Å²) in [6, 6.07) is 14.5. The Hall–Kier alpha value is -2.56. The third kappa shape index (κ3) is 3.13. The first kappa shape index (κ1) is 15.3. The number of alkyl carbamates (subject to hydrolysis) is 1. The molecule has 0 aromatic heterocycles. The molecular formula is C18H20N2O3. The molecule has 0 unspecified atom stereocenters. The number of amides is 2. The van der Waals surface area contributed by atoms with Gasteiger partial charge in [-0.2, -0.15) is 0 Å². The van der Waals surface area contributed by atoms with Crippen LogP contribution in [0.4, 0.5) is 4.79 Å². The Balaban J connectivity index is 1.83. The molecule has 1 aliphatic rings. The lowest BCUT2D eigenvalue weighted by atomic mass is 9.97. The van der Waals surface area contributed by atoms with Crippen LogP contribution in [0.2, 0.25) is 0 Å². The van der Waals surface area contributed by atoms with Gasteiger partial charge in [-0.05, 0) is 29.2 Å². The molecule has 5 nitrogen and oxygen atoms in total. The molecule has 1 atom stereocenters. The number of carbonyl (C=O) groups excluding carboxylic acids is 2. The van der Waals surface area contributed by atoms with Gasteiger partial charge < -0.3 is 15.0 Å².